The fraction of sp³-hybridized carbons (Fsp3) is 0.294. The normalized spacial score (nSPS) is 19.3. The molecule has 1 aliphatic carbocycles. The van der Waals surface area contributed by atoms with E-state index >= 15 is 0 Å². The molecule has 3 N–H and O–H groups in total. The Morgan fingerprint density at radius 1 is 1.29 bits per heavy atom. The molecule has 0 radical (unpaired) electrons. The minimum Gasteiger partial charge on any atom is -0.402 e. The van der Waals surface area contributed by atoms with Crippen LogP contribution in [0.1, 0.15) is 26.7 Å². The van der Waals surface area contributed by atoms with Gasteiger partial charge in [-0.3, -0.25) is 0 Å². The summed E-state index contributed by atoms with van der Waals surface area (Å²) in [5.41, 5.74) is 10.4. The number of allylic oxidation sites excluding steroid dienone is 2. The van der Waals surface area contributed by atoms with Gasteiger partial charge in [-0.05, 0) is 50.5 Å². The number of para-hydroxylation sites is 1. The Morgan fingerprint density at radius 2 is 2.10 bits per heavy atom. The van der Waals surface area contributed by atoms with E-state index in [0.717, 1.165) is 35.3 Å². The van der Waals surface area contributed by atoms with Gasteiger partial charge in [-0.2, -0.15) is 0 Å². The fourth-order valence-electron chi connectivity index (χ4n) is 2.88. The first kappa shape index (κ1) is 13.6. The Labute approximate surface area is 124 Å². The van der Waals surface area contributed by atoms with Gasteiger partial charge in [-0.1, -0.05) is 17.7 Å². The molecule has 21 heavy (non-hydrogen) atoms. The molecule has 4 nitrogen and oxygen atoms in total. The van der Waals surface area contributed by atoms with Crippen molar-refractivity contribution in [1.82, 2.24) is 9.97 Å². The van der Waals surface area contributed by atoms with Gasteiger partial charge < -0.3 is 11.1 Å². The Bertz CT molecular complexity index is 721. The number of rotatable bonds is 3. The van der Waals surface area contributed by atoms with E-state index in [-0.39, 0.29) is 0 Å². The van der Waals surface area contributed by atoms with Crippen molar-refractivity contribution < 1.29 is 0 Å². The van der Waals surface area contributed by atoms with Gasteiger partial charge in [-0.25, -0.2) is 9.97 Å². The standard InChI is InChI=1S/C17H20N4/c1-11-7-14(9-13(11)8-12(2)18)21-17-15-5-3-4-6-16(15)19-10-20-17/h3-6,8,10,14H,7,9,18H2,1-2H3,(H,19,20,21)/b12-8+. The maximum Gasteiger partial charge on any atom is 0.137 e. The number of fused-ring (bicyclic) bond motifs is 1. The van der Waals surface area contributed by atoms with Crippen LogP contribution in [0.5, 0.6) is 0 Å². The summed E-state index contributed by atoms with van der Waals surface area (Å²) >= 11 is 0. The molecule has 1 aliphatic rings. The van der Waals surface area contributed by atoms with E-state index in [4.69, 9.17) is 5.73 Å². The Hall–Kier alpha value is -2.36. The Balaban J connectivity index is 1.81. The topological polar surface area (TPSA) is 63.8 Å². The van der Waals surface area contributed by atoms with E-state index in [2.05, 4.69) is 34.4 Å². The first-order chi connectivity index (χ1) is 10.1. The summed E-state index contributed by atoms with van der Waals surface area (Å²) in [5, 5.41) is 4.62. The monoisotopic (exact) mass is 280 g/mol. The number of nitrogens with zero attached hydrogens (tertiary/aromatic N) is 2. The van der Waals surface area contributed by atoms with Crippen molar-refractivity contribution in [3.8, 4) is 0 Å². The summed E-state index contributed by atoms with van der Waals surface area (Å²) in [4.78, 5) is 8.70. The minimum absolute atomic E-state index is 0.369. The zero-order valence-electron chi connectivity index (χ0n) is 12.4. The number of aromatic nitrogens is 2. The van der Waals surface area contributed by atoms with Crippen LogP contribution in [0.3, 0.4) is 0 Å². The molecule has 0 fully saturated rings. The lowest BCUT2D eigenvalue weighted by Crippen LogP contribution is -2.17. The van der Waals surface area contributed by atoms with Crippen LogP contribution in [-0.4, -0.2) is 16.0 Å². The van der Waals surface area contributed by atoms with Crippen LogP contribution < -0.4 is 11.1 Å². The van der Waals surface area contributed by atoms with Crippen LogP contribution in [0.15, 0.2) is 53.5 Å². The molecule has 1 heterocycles. The van der Waals surface area contributed by atoms with Crippen LogP contribution in [0.2, 0.25) is 0 Å². The summed E-state index contributed by atoms with van der Waals surface area (Å²) in [5.74, 6) is 0.910. The van der Waals surface area contributed by atoms with Crippen LogP contribution in [0, 0.1) is 0 Å². The highest BCUT2D eigenvalue weighted by Gasteiger charge is 2.21. The molecule has 0 aliphatic heterocycles. The first-order valence-electron chi connectivity index (χ1n) is 7.22. The van der Waals surface area contributed by atoms with Crippen LogP contribution in [-0.2, 0) is 0 Å². The molecule has 4 heteroatoms. The molecule has 2 aromatic rings. The average Bonchev–Trinajstić information content (AvgIpc) is 2.78. The molecule has 3 rings (SSSR count). The molecule has 0 amide bonds. The van der Waals surface area contributed by atoms with Gasteiger partial charge in [-0.15, -0.1) is 0 Å². The van der Waals surface area contributed by atoms with Crippen molar-refractivity contribution in [2.75, 3.05) is 5.32 Å². The molecular formula is C17H20N4. The third kappa shape index (κ3) is 2.89. The number of hydrogen-bond donors (Lipinski definition) is 2. The van der Waals surface area contributed by atoms with Crippen molar-refractivity contribution in [3.05, 3.63) is 53.5 Å². The van der Waals surface area contributed by atoms with E-state index < -0.39 is 0 Å². The number of anilines is 1. The minimum atomic E-state index is 0.369. The van der Waals surface area contributed by atoms with Crippen LogP contribution in [0.4, 0.5) is 5.82 Å². The molecule has 1 aromatic heterocycles. The quantitative estimate of drug-likeness (QED) is 0.904. The van der Waals surface area contributed by atoms with Crippen LogP contribution >= 0.6 is 0 Å². The average molecular weight is 280 g/mol. The highest BCUT2D eigenvalue weighted by atomic mass is 15.0. The first-order valence-corrected chi connectivity index (χ1v) is 7.22. The second kappa shape index (κ2) is 5.56. The lowest BCUT2D eigenvalue weighted by molar-refractivity contribution is 0.762. The highest BCUT2D eigenvalue weighted by Crippen LogP contribution is 2.30. The van der Waals surface area contributed by atoms with Gasteiger partial charge in [0.15, 0.2) is 0 Å². The number of benzene rings is 1. The summed E-state index contributed by atoms with van der Waals surface area (Å²) in [6, 6.07) is 8.44. The van der Waals surface area contributed by atoms with Crippen molar-refractivity contribution in [3.63, 3.8) is 0 Å². The predicted octanol–water partition coefficient (Wildman–Crippen LogP) is 3.38. The molecule has 0 bridgehead atoms. The van der Waals surface area contributed by atoms with Crippen molar-refractivity contribution >= 4 is 16.7 Å². The van der Waals surface area contributed by atoms with Crippen molar-refractivity contribution in [2.45, 2.75) is 32.7 Å². The summed E-state index contributed by atoms with van der Waals surface area (Å²) in [7, 11) is 0. The zero-order chi connectivity index (χ0) is 14.8. The molecule has 1 unspecified atom stereocenters. The molecule has 1 aromatic carbocycles. The van der Waals surface area contributed by atoms with E-state index in [0.29, 0.717) is 6.04 Å². The SMILES string of the molecule is CC1=C(/C=C(\C)N)CC(Nc2ncnc3ccccc23)C1. The van der Waals surface area contributed by atoms with Gasteiger partial charge in [0, 0.05) is 17.1 Å². The third-order valence-corrected chi connectivity index (χ3v) is 3.85. The largest absolute Gasteiger partial charge is 0.402 e. The van der Waals surface area contributed by atoms with Crippen molar-refractivity contribution in [2.24, 2.45) is 5.73 Å². The van der Waals surface area contributed by atoms with Crippen LogP contribution in [0.25, 0.3) is 10.9 Å². The van der Waals surface area contributed by atoms with E-state index in [1.54, 1.807) is 6.33 Å². The third-order valence-electron chi connectivity index (χ3n) is 3.85. The maximum absolute atomic E-state index is 5.79. The number of nitrogens with two attached hydrogens (primary N) is 1. The molecule has 0 saturated heterocycles. The van der Waals surface area contributed by atoms with Gasteiger partial charge in [0.1, 0.15) is 12.1 Å². The van der Waals surface area contributed by atoms with Crippen molar-refractivity contribution in [1.29, 1.82) is 0 Å². The Kier molecular flexibility index (Phi) is 3.60. The van der Waals surface area contributed by atoms with E-state index in [1.165, 1.54) is 11.1 Å². The highest BCUT2D eigenvalue weighted by molar-refractivity contribution is 5.88. The maximum atomic E-state index is 5.79. The van der Waals surface area contributed by atoms with Gasteiger partial charge >= 0.3 is 0 Å². The number of hydrogen-bond acceptors (Lipinski definition) is 4. The number of nitrogens with one attached hydrogen (secondary N) is 1. The molecule has 0 spiro atoms. The molecule has 0 saturated carbocycles. The van der Waals surface area contributed by atoms with E-state index in [9.17, 15) is 0 Å². The molecule has 108 valence electrons. The predicted molar refractivity (Wildman–Crippen MR) is 86.8 cm³/mol. The Morgan fingerprint density at radius 3 is 2.90 bits per heavy atom. The fourth-order valence-corrected chi connectivity index (χ4v) is 2.88. The summed E-state index contributed by atoms with van der Waals surface area (Å²) in [6.45, 7) is 4.10. The lowest BCUT2D eigenvalue weighted by Gasteiger charge is -2.15. The summed E-state index contributed by atoms with van der Waals surface area (Å²) in [6.07, 6.45) is 5.70. The van der Waals surface area contributed by atoms with Gasteiger partial charge in [0.25, 0.3) is 0 Å². The lowest BCUT2D eigenvalue weighted by atomic mass is 10.1. The van der Waals surface area contributed by atoms with Gasteiger partial charge in [0.05, 0.1) is 5.52 Å². The molecular weight excluding hydrogens is 260 g/mol. The van der Waals surface area contributed by atoms with E-state index in [1.807, 2.05) is 25.1 Å². The van der Waals surface area contributed by atoms with Gasteiger partial charge in [0.2, 0.25) is 0 Å². The summed E-state index contributed by atoms with van der Waals surface area (Å²) < 4.78 is 0. The smallest absolute Gasteiger partial charge is 0.137 e. The zero-order valence-corrected chi connectivity index (χ0v) is 12.4. The second-order valence-corrected chi connectivity index (χ2v) is 5.68. The molecule has 1 atom stereocenters. The second-order valence-electron chi connectivity index (χ2n) is 5.68.